The number of esters is 1. The van der Waals surface area contributed by atoms with Gasteiger partial charge in [-0.05, 0) is 36.4 Å². The van der Waals surface area contributed by atoms with Crippen molar-refractivity contribution in [2.24, 2.45) is 5.41 Å². The lowest BCUT2D eigenvalue weighted by molar-refractivity contribution is -0.153. The van der Waals surface area contributed by atoms with E-state index < -0.39 is 24.1 Å². The van der Waals surface area contributed by atoms with Gasteiger partial charge in [0.1, 0.15) is 6.61 Å². The minimum absolute atomic E-state index is 0.0200. The first-order valence-electron chi connectivity index (χ1n) is 9.24. The highest BCUT2D eigenvalue weighted by atomic mass is 16.6. The Bertz CT molecular complexity index is 914. The van der Waals surface area contributed by atoms with Gasteiger partial charge in [-0.1, -0.05) is 32.9 Å². The molecule has 0 bridgehead atoms. The number of fused-ring (bicyclic) bond motifs is 1. The van der Waals surface area contributed by atoms with Crippen LogP contribution in [0.4, 0.5) is 5.69 Å². The zero-order valence-electron chi connectivity index (χ0n) is 16.6. The summed E-state index contributed by atoms with van der Waals surface area (Å²) in [6, 6.07) is 13.4. The van der Waals surface area contributed by atoms with Gasteiger partial charge >= 0.3 is 5.97 Å². The fourth-order valence-electron chi connectivity index (χ4n) is 2.51. The number of para-hydroxylation sites is 2. The first kappa shape index (κ1) is 20.4. The third-order valence-corrected chi connectivity index (χ3v) is 4.26. The van der Waals surface area contributed by atoms with E-state index in [0.717, 1.165) is 0 Å². The van der Waals surface area contributed by atoms with Gasteiger partial charge in [0.05, 0.1) is 0 Å². The van der Waals surface area contributed by atoms with E-state index in [4.69, 9.17) is 14.2 Å². The maximum atomic E-state index is 12.3. The zero-order chi connectivity index (χ0) is 21.0. The van der Waals surface area contributed by atoms with Crippen molar-refractivity contribution in [3.63, 3.8) is 0 Å². The number of benzene rings is 2. The molecule has 0 saturated carbocycles. The molecule has 0 aliphatic carbocycles. The van der Waals surface area contributed by atoms with Crippen molar-refractivity contribution >= 4 is 23.3 Å². The molecule has 0 saturated heterocycles. The normalized spacial score (nSPS) is 15.3. The molecule has 0 fully saturated rings. The SMILES string of the molecule is CC(C)(C)C(=O)Nc1ccc(C(=O)COC(=O)C2COc3ccccc3O2)cc1. The van der Waals surface area contributed by atoms with E-state index in [1.54, 1.807) is 48.5 Å². The molecule has 7 nitrogen and oxygen atoms in total. The summed E-state index contributed by atoms with van der Waals surface area (Å²) in [6.07, 6.45) is -0.923. The highest BCUT2D eigenvalue weighted by Crippen LogP contribution is 2.31. The quantitative estimate of drug-likeness (QED) is 0.615. The van der Waals surface area contributed by atoms with Crippen LogP contribution in [-0.2, 0) is 14.3 Å². The van der Waals surface area contributed by atoms with Crippen LogP contribution in [0.25, 0.3) is 0 Å². The summed E-state index contributed by atoms with van der Waals surface area (Å²) < 4.78 is 16.1. The summed E-state index contributed by atoms with van der Waals surface area (Å²) in [5.41, 5.74) is 0.441. The number of carbonyl (C=O) groups is 3. The summed E-state index contributed by atoms with van der Waals surface area (Å²) in [5, 5.41) is 2.78. The Morgan fingerprint density at radius 1 is 1.03 bits per heavy atom. The molecule has 0 aromatic heterocycles. The molecule has 1 unspecified atom stereocenters. The monoisotopic (exact) mass is 397 g/mol. The molecule has 2 aromatic carbocycles. The largest absolute Gasteiger partial charge is 0.485 e. The molecule has 1 N–H and O–H groups in total. The van der Waals surface area contributed by atoms with Gasteiger partial charge in [0.2, 0.25) is 12.0 Å². The molecule has 1 atom stereocenters. The minimum atomic E-state index is -0.923. The van der Waals surface area contributed by atoms with Crippen LogP contribution in [0.3, 0.4) is 0 Å². The number of rotatable bonds is 5. The topological polar surface area (TPSA) is 90.9 Å². The van der Waals surface area contributed by atoms with Gasteiger partial charge < -0.3 is 19.5 Å². The lowest BCUT2D eigenvalue weighted by atomic mass is 9.95. The number of amides is 1. The van der Waals surface area contributed by atoms with Crippen LogP contribution < -0.4 is 14.8 Å². The Hall–Kier alpha value is -3.35. The van der Waals surface area contributed by atoms with Gasteiger partial charge in [-0.15, -0.1) is 0 Å². The Morgan fingerprint density at radius 3 is 2.34 bits per heavy atom. The van der Waals surface area contributed by atoms with Crippen molar-refractivity contribution in [2.75, 3.05) is 18.5 Å². The van der Waals surface area contributed by atoms with Crippen molar-refractivity contribution in [3.05, 3.63) is 54.1 Å². The fourth-order valence-corrected chi connectivity index (χ4v) is 2.51. The third kappa shape index (κ3) is 5.13. The van der Waals surface area contributed by atoms with Crippen molar-refractivity contribution in [1.29, 1.82) is 0 Å². The van der Waals surface area contributed by atoms with Crippen LogP contribution in [0.15, 0.2) is 48.5 Å². The molecule has 152 valence electrons. The van der Waals surface area contributed by atoms with Crippen LogP contribution in [-0.4, -0.2) is 37.0 Å². The molecule has 2 aromatic rings. The Kier molecular flexibility index (Phi) is 5.87. The first-order chi connectivity index (χ1) is 13.7. The smallest absolute Gasteiger partial charge is 0.351 e. The highest BCUT2D eigenvalue weighted by Gasteiger charge is 2.29. The van der Waals surface area contributed by atoms with Crippen molar-refractivity contribution in [1.82, 2.24) is 0 Å². The van der Waals surface area contributed by atoms with Gasteiger partial charge in [0.25, 0.3) is 0 Å². The molecule has 1 aliphatic rings. The summed E-state index contributed by atoms with van der Waals surface area (Å²) in [5.74, 6) is -0.126. The molecule has 0 spiro atoms. The number of anilines is 1. The van der Waals surface area contributed by atoms with Crippen LogP contribution in [0.2, 0.25) is 0 Å². The van der Waals surface area contributed by atoms with E-state index in [1.807, 2.05) is 20.8 Å². The number of Topliss-reactive ketones (excluding diaryl/α,β-unsaturated/α-hetero) is 1. The second-order valence-electron chi connectivity index (χ2n) is 7.68. The number of ether oxygens (including phenoxy) is 3. The standard InChI is InChI=1S/C22H23NO6/c1-22(2,3)21(26)23-15-10-8-14(9-11-15)16(24)12-28-20(25)19-13-27-17-6-4-5-7-18(17)29-19/h4-11,19H,12-13H2,1-3H3,(H,23,26). The van der Waals surface area contributed by atoms with Crippen LogP contribution in [0.5, 0.6) is 11.5 Å². The minimum Gasteiger partial charge on any atom is -0.485 e. The fraction of sp³-hybridized carbons (Fsp3) is 0.318. The molecular weight excluding hydrogens is 374 g/mol. The summed E-state index contributed by atoms with van der Waals surface area (Å²) in [6.45, 7) is 5.05. The Morgan fingerprint density at radius 2 is 1.69 bits per heavy atom. The summed E-state index contributed by atoms with van der Waals surface area (Å²) in [7, 11) is 0. The summed E-state index contributed by atoms with van der Waals surface area (Å²) in [4.78, 5) is 36.5. The van der Waals surface area contributed by atoms with Crippen molar-refractivity contribution in [2.45, 2.75) is 26.9 Å². The number of hydrogen-bond donors (Lipinski definition) is 1. The second kappa shape index (κ2) is 8.34. The van der Waals surface area contributed by atoms with Gasteiger partial charge in [0, 0.05) is 16.7 Å². The lowest BCUT2D eigenvalue weighted by Crippen LogP contribution is -2.38. The maximum absolute atomic E-state index is 12.3. The lowest BCUT2D eigenvalue weighted by Gasteiger charge is -2.24. The van der Waals surface area contributed by atoms with Gasteiger partial charge in [-0.25, -0.2) is 4.79 Å². The third-order valence-electron chi connectivity index (χ3n) is 4.26. The zero-order valence-corrected chi connectivity index (χ0v) is 16.6. The molecule has 7 heteroatoms. The predicted octanol–water partition coefficient (Wildman–Crippen LogP) is 3.24. The first-order valence-corrected chi connectivity index (χ1v) is 9.24. The van der Waals surface area contributed by atoms with E-state index in [0.29, 0.717) is 22.7 Å². The number of nitrogens with one attached hydrogen (secondary N) is 1. The van der Waals surface area contributed by atoms with E-state index in [-0.39, 0.29) is 18.3 Å². The average Bonchev–Trinajstić information content (AvgIpc) is 2.71. The number of hydrogen-bond acceptors (Lipinski definition) is 6. The average molecular weight is 397 g/mol. The maximum Gasteiger partial charge on any atom is 0.351 e. The van der Waals surface area contributed by atoms with Gasteiger partial charge in [-0.2, -0.15) is 0 Å². The van der Waals surface area contributed by atoms with Gasteiger partial charge in [0.15, 0.2) is 23.9 Å². The Balaban J connectivity index is 1.52. The van der Waals surface area contributed by atoms with E-state index >= 15 is 0 Å². The number of ketones is 1. The second-order valence-corrected chi connectivity index (χ2v) is 7.68. The molecule has 1 aliphatic heterocycles. The molecule has 1 heterocycles. The molecule has 1 amide bonds. The van der Waals surface area contributed by atoms with E-state index in [9.17, 15) is 14.4 Å². The van der Waals surface area contributed by atoms with E-state index in [2.05, 4.69) is 5.32 Å². The predicted molar refractivity (Wildman–Crippen MR) is 106 cm³/mol. The van der Waals surface area contributed by atoms with Crippen molar-refractivity contribution < 1.29 is 28.6 Å². The summed E-state index contributed by atoms with van der Waals surface area (Å²) >= 11 is 0. The van der Waals surface area contributed by atoms with Crippen molar-refractivity contribution in [3.8, 4) is 11.5 Å². The van der Waals surface area contributed by atoms with E-state index in [1.165, 1.54) is 0 Å². The molecule has 29 heavy (non-hydrogen) atoms. The van der Waals surface area contributed by atoms with Crippen LogP contribution in [0, 0.1) is 5.41 Å². The molecule has 0 radical (unpaired) electrons. The van der Waals surface area contributed by atoms with Gasteiger partial charge in [-0.3, -0.25) is 9.59 Å². The van der Waals surface area contributed by atoms with Crippen LogP contribution in [0.1, 0.15) is 31.1 Å². The molecular formula is C22H23NO6. The highest BCUT2D eigenvalue weighted by molar-refractivity contribution is 5.99. The Labute approximate surface area is 169 Å². The van der Waals surface area contributed by atoms with Crippen LogP contribution >= 0.6 is 0 Å². The number of carbonyl (C=O) groups excluding carboxylic acids is 3. The molecule has 3 rings (SSSR count).